The van der Waals surface area contributed by atoms with Crippen LogP contribution in [0.4, 0.5) is 11.4 Å². The highest BCUT2D eigenvalue weighted by Gasteiger charge is 2.30. The second kappa shape index (κ2) is 7.84. The highest BCUT2D eigenvalue weighted by atomic mass is 16.6. The molecule has 7 nitrogen and oxygen atoms in total. The molecule has 2 aliphatic heterocycles. The number of hydrogen-bond donors (Lipinski definition) is 0. The summed E-state index contributed by atoms with van der Waals surface area (Å²) in [4.78, 5) is 28.0. The molecule has 148 valence electrons. The number of carbonyl (C=O) groups excluding carboxylic acids is 1. The number of anilines is 1. The molecular weight excluding hydrogens is 346 g/mol. The number of piperidine rings is 1. The summed E-state index contributed by atoms with van der Waals surface area (Å²) >= 11 is 0. The van der Waals surface area contributed by atoms with Crippen LogP contribution in [0.15, 0.2) is 18.2 Å². The van der Waals surface area contributed by atoms with Crippen LogP contribution in [-0.2, 0) is 4.74 Å². The van der Waals surface area contributed by atoms with Crippen molar-refractivity contribution in [1.82, 2.24) is 4.90 Å². The second-order valence-electron chi connectivity index (χ2n) is 8.28. The van der Waals surface area contributed by atoms with E-state index in [4.69, 9.17) is 4.74 Å². The van der Waals surface area contributed by atoms with Gasteiger partial charge in [-0.3, -0.25) is 14.9 Å². The molecule has 2 heterocycles. The second-order valence-corrected chi connectivity index (χ2v) is 8.28. The Bertz CT molecular complexity index is 703. The Labute approximate surface area is 160 Å². The van der Waals surface area contributed by atoms with Crippen molar-refractivity contribution in [3.8, 4) is 0 Å². The van der Waals surface area contributed by atoms with Gasteiger partial charge in [0.1, 0.15) is 5.69 Å². The lowest BCUT2D eigenvalue weighted by Crippen LogP contribution is -2.48. The Balaban J connectivity index is 1.87. The van der Waals surface area contributed by atoms with Gasteiger partial charge in [0, 0.05) is 37.8 Å². The first kappa shape index (κ1) is 19.6. The van der Waals surface area contributed by atoms with E-state index in [0.29, 0.717) is 36.2 Å². The van der Waals surface area contributed by atoms with E-state index >= 15 is 0 Å². The summed E-state index contributed by atoms with van der Waals surface area (Å²) in [5.74, 6) is 0.809. The SMILES string of the molecule is CC1CC(C)CN(c2ccc(C(=O)N3CC(C)OC(C)C3)cc2[N+](=O)[O-])C1. The van der Waals surface area contributed by atoms with E-state index in [1.165, 1.54) is 6.07 Å². The third kappa shape index (κ3) is 4.40. The normalized spacial score (nSPS) is 28.9. The lowest BCUT2D eigenvalue weighted by atomic mass is 9.91. The molecule has 1 amide bonds. The monoisotopic (exact) mass is 375 g/mol. The lowest BCUT2D eigenvalue weighted by Gasteiger charge is -2.36. The highest BCUT2D eigenvalue weighted by Crippen LogP contribution is 2.34. The molecule has 1 aromatic carbocycles. The van der Waals surface area contributed by atoms with Crippen molar-refractivity contribution < 1.29 is 14.5 Å². The van der Waals surface area contributed by atoms with Crippen molar-refractivity contribution in [1.29, 1.82) is 0 Å². The van der Waals surface area contributed by atoms with E-state index < -0.39 is 0 Å². The van der Waals surface area contributed by atoms with Gasteiger partial charge >= 0.3 is 0 Å². The van der Waals surface area contributed by atoms with Crippen LogP contribution in [0.3, 0.4) is 0 Å². The molecular formula is C20H29N3O4. The fraction of sp³-hybridized carbons (Fsp3) is 0.650. The van der Waals surface area contributed by atoms with Crippen LogP contribution in [0.1, 0.15) is 44.5 Å². The third-order valence-corrected chi connectivity index (χ3v) is 5.34. The molecule has 0 aromatic heterocycles. The third-order valence-electron chi connectivity index (χ3n) is 5.34. The molecule has 0 spiro atoms. The van der Waals surface area contributed by atoms with Crippen LogP contribution in [-0.4, -0.2) is 54.1 Å². The van der Waals surface area contributed by atoms with Gasteiger partial charge in [-0.25, -0.2) is 0 Å². The molecule has 1 aromatic rings. The van der Waals surface area contributed by atoms with Crippen LogP contribution in [0.2, 0.25) is 0 Å². The molecule has 2 fully saturated rings. The first-order valence-corrected chi connectivity index (χ1v) is 9.72. The minimum Gasteiger partial charge on any atom is -0.372 e. The van der Waals surface area contributed by atoms with E-state index in [2.05, 4.69) is 18.7 Å². The first-order chi connectivity index (χ1) is 12.7. The lowest BCUT2D eigenvalue weighted by molar-refractivity contribution is -0.384. The molecule has 4 unspecified atom stereocenters. The molecule has 0 aliphatic carbocycles. The largest absolute Gasteiger partial charge is 0.372 e. The maximum Gasteiger partial charge on any atom is 0.293 e. The quantitative estimate of drug-likeness (QED) is 0.598. The van der Waals surface area contributed by atoms with Crippen molar-refractivity contribution in [3.05, 3.63) is 33.9 Å². The van der Waals surface area contributed by atoms with Crippen LogP contribution >= 0.6 is 0 Å². The Hall–Kier alpha value is -2.15. The standard InChI is InChI=1S/C20H29N3O4/c1-13-7-14(2)10-21(9-13)18-6-5-17(8-19(18)23(25)26)20(24)22-11-15(3)27-16(4)12-22/h5-6,8,13-16H,7,9-12H2,1-4H3. The van der Waals surface area contributed by atoms with Gasteiger partial charge < -0.3 is 14.5 Å². The summed E-state index contributed by atoms with van der Waals surface area (Å²) in [7, 11) is 0. The number of nitro benzene ring substituents is 1. The zero-order valence-electron chi connectivity index (χ0n) is 16.6. The van der Waals surface area contributed by atoms with E-state index in [1.54, 1.807) is 17.0 Å². The summed E-state index contributed by atoms with van der Waals surface area (Å²) in [6.07, 6.45) is 1.06. The Morgan fingerprint density at radius 2 is 1.67 bits per heavy atom. The fourth-order valence-electron chi connectivity index (χ4n) is 4.46. The van der Waals surface area contributed by atoms with E-state index in [9.17, 15) is 14.9 Å². The molecule has 4 atom stereocenters. The summed E-state index contributed by atoms with van der Waals surface area (Å²) < 4.78 is 5.67. The van der Waals surface area contributed by atoms with Gasteiger partial charge in [0.15, 0.2) is 0 Å². The average molecular weight is 375 g/mol. The number of carbonyl (C=O) groups is 1. The fourth-order valence-corrected chi connectivity index (χ4v) is 4.46. The van der Waals surface area contributed by atoms with Gasteiger partial charge in [0.25, 0.3) is 11.6 Å². The maximum absolute atomic E-state index is 12.9. The van der Waals surface area contributed by atoms with E-state index in [1.807, 2.05) is 13.8 Å². The molecule has 2 saturated heterocycles. The smallest absolute Gasteiger partial charge is 0.293 e. The van der Waals surface area contributed by atoms with Gasteiger partial charge in [-0.05, 0) is 44.2 Å². The van der Waals surface area contributed by atoms with Crippen molar-refractivity contribution in [2.75, 3.05) is 31.1 Å². The number of morpholine rings is 1. The molecule has 0 saturated carbocycles. The van der Waals surface area contributed by atoms with E-state index in [0.717, 1.165) is 19.5 Å². The van der Waals surface area contributed by atoms with Crippen LogP contribution in [0.25, 0.3) is 0 Å². The average Bonchev–Trinajstić information content (AvgIpc) is 2.58. The predicted octanol–water partition coefficient (Wildman–Crippen LogP) is 3.33. The minimum absolute atomic E-state index is 0.0107. The topological polar surface area (TPSA) is 75.9 Å². The Morgan fingerprint density at radius 1 is 1.07 bits per heavy atom. The number of nitrogens with zero attached hydrogens (tertiary/aromatic N) is 3. The number of ether oxygens (including phenoxy) is 1. The summed E-state index contributed by atoms with van der Waals surface area (Å²) in [6.45, 7) is 10.8. The number of benzene rings is 1. The van der Waals surface area contributed by atoms with Gasteiger partial charge in [-0.1, -0.05) is 13.8 Å². The Morgan fingerprint density at radius 3 is 2.22 bits per heavy atom. The molecule has 27 heavy (non-hydrogen) atoms. The van der Waals surface area contributed by atoms with Crippen molar-refractivity contribution in [2.24, 2.45) is 11.8 Å². The number of amides is 1. The van der Waals surface area contributed by atoms with Crippen molar-refractivity contribution in [3.63, 3.8) is 0 Å². The predicted molar refractivity (Wildman–Crippen MR) is 104 cm³/mol. The van der Waals surface area contributed by atoms with Crippen LogP contribution in [0.5, 0.6) is 0 Å². The van der Waals surface area contributed by atoms with Gasteiger partial charge in [0.2, 0.25) is 0 Å². The molecule has 0 radical (unpaired) electrons. The summed E-state index contributed by atoms with van der Waals surface area (Å²) in [6, 6.07) is 4.90. The van der Waals surface area contributed by atoms with Crippen LogP contribution in [0, 0.1) is 22.0 Å². The summed E-state index contributed by atoms with van der Waals surface area (Å²) in [5.41, 5.74) is 0.986. The summed E-state index contributed by atoms with van der Waals surface area (Å²) in [5, 5.41) is 11.7. The zero-order chi connectivity index (χ0) is 19.7. The van der Waals surface area contributed by atoms with Crippen molar-refractivity contribution >= 4 is 17.3 Å². The molecule has 0 N–H and O–H groups in total. The number of nitro groups is 1. The van der Waals surface area contributed by atoms with Crippen molar-refractivity contribution in [2.45, 2.75) is 46.3 Å². The van der Waals surface area contributed by atoms with Gasteiger partial charge in [-0.15, -0.1) is 0 Å². The molecule has 2 aliphatic rings. The van der Waals surface area contributed by atoms with E-state index in [-0.39, 0.29) is 28.7 Å². The molecule has 3 rings (SSSR count). The highest BCUT2D eigenvalue weighted by molar-refractivity contribution is 5.96. The van der Waals surface area contributed by atoms with Gasteiger partial charge in [0.05, 0.1) is 17.1 Å². The first-order valence-electron chi connectivity index (χ1n) is 9.72. The van der Waals surface area contributed by atoms with Crippen LogP contribution < -0.4 is 4.90 Å². The number of rotatable bonds is 3. The molecule has 7 heteroatoms. The zero-order valence-corrected chi connectivity index (χ0v) is 16.6. The Kier molecular flexibility index (Phi) is 5.69. The number of hydrogen-bond acceptors (Lipinski definition) is 5. The van der Waals surface area contributed by atoms with Gasteiger partial charge in [-0.2, -0.15) is 0 Å². The maximum atomic E-state index is 12.9. The minimum atomic E-state index is -0.374. The molecule has 0 bridgehead atoms.